The number of fused-ring (bicyclic) bond motifs is 3. The van der Waals surface area contributed by atoms with Crippen LogP contribution in [0, 0.1) is 0 Å². The van der Waals surface area contributed by atoms with Crippen LogP contribution in [0.3, 0.4) is 0 Å². The van der Waals surface area contributed by atoms with E-state index in [9.17, 15) is 14.4 Å². The van der Waals surface area contributed by atoms with E-state index in [-0.39, 0.29) is 42.8 Å². The van der Waals surface area contributed by atoms with Crippen molar-refractivity contribution in [3.63, 3.8) is 0 Å². The van der Waals surface area contributed by atoms with Gasteiger partial charge < -0.3 is 14.7 Å². The Balaban J connectivity index is 1.42. The van der Waals surface area contributed by atoms with Crippen LogP contribution in [0.1, 0.15) is 40.2 Å². The van der Waals surface area contributed by atoms with Crippen molar-refractivity contribution in [3.05, 3.63) is 71.4 Å². The highest BCUT2D eigenvalue weighted by Gasteiger charge is 2.29. The Bertz CT molecular complexity index is 1190. The maximum Gasteiger partial charge on any atom is 0.412 e. The summed E-state index contributed by atoms with van der Waals surface area (Å²) >= 11 is 0. The molecule has 0 fully saturated rings. The highest BCUT2D eigenvalue weighted by Crippen LogP contribution is 2.44. The molecule has 1 aromatic heterocycles. The number of aryl methyl sites for hydroxylation is 1. The summed E-state index contributed by atoms with van der Waals surface area (Å²) < 4.78 is 6.96. The second kappa shape index (κ2) is 9.78. The summed E-state index contributed by atoms with van der Waals surface area (Å²) in [6.45, 7) is 0.417. The molecule has 1 aliphatic rings. The van der Waals surface area contributed by atoms with E-state index < -0.39 is 12.1 Å². The van der Waals surface area contributed by atoms with Crippen LogP contribution in [0.5, 0.6) is 0 Å². The number of hydrogen-bond acceptors (Lipinski definition) is 5. The number of benzene rings is 2. The van der Waals surface area contributed by atoms with Crippen molar-refractivity contribution < 1.29 is 24.2 Å². The van der Waals surface area contributed by atoms with Crippen molar-refractivity contribution in [2.45, 2.75) is 18.8 Å². The van der Waals surface area contributed by atoms with Crippen molar-refractivity contribution in [1.29, 1.82) is 0 Å². The third kappa shape index (κ3) is 4.63. The van der Waals surface area contributed by atoms with E-state index in [1.807, 2.05) is 36.4 Å². The Morgan fingerprint density at radius 2 is 1.71 bits per heavy atom. The molecule has 0 saturated heterocycles. The smallest absolute Gasteiger partial charge is 0.412 e. The maximum absolute atomic E-state index is 12.8. The predicted octanol–water partition coefficient (Wildman–Crippen LogP) is 3.72. The van der Waals surface area contributed by atoms with Gasteiger partial charge in [0, 0.05) is 33.0 Å². The quantitative estimate of drug-likeness (QED) is 0.527. The van der Waals surface area contributed by atoms with E-state index >= 15 is 0 Å². The van der Waals surface area contributed by atoms with Crippen LogP contribution in [-0.4, -0.2) is 58.0 Å². The highest BCUT2D eigenvalue weighted by atomic mass is 16.5. The zero-order chi connectivity index (χ0) is 24.2. The van der Waals surface area contributed by atoms with Gasteiger partial charge in [-0.2, -0.15) is 5.10 Å². The lowest BCUT2D eigenvalue weighted by Gasteiger charge is -2.18. The fourth-order valence-corrected chi connectivity index (χ4v) is 4.25. The molecule has 3 aromatic rings. The number of ether oxygens (including phenoxy) is 1. The molecule has 2 aromatic carbocycles. The number of nitrogens with zero attached hydrogens (tertiary/aromatic N) is 3. The van der Waals surface area contributed by atoms with Crippen LogP contribution >= 0.6 is 0 Å². The van der Waals surface area contributed by atoms with Crippen molar-refractivity contribution in [2.75, 3.05) is 25.5 Å². The number of carbonyl (C=O) groups excluding carboxylic acids is 2. The van der Waals surface area contributed by atoms with Gasteiger partial charge in [0.1, 0.15) is 18.0 Å². The molecule has 0 radical (unpaired) electrons. The monoisotopic (exact) mass is 462 g/mol. The van der Waals surface area contributed by atoms with Crippen LogP contribution < -0.4 is 5.32 Å². The van der Waals surface area contributed by atoms with Gasteiger partial charge in [0.05, 0.1) is 6.20 Å². The topological polar surface area (TPSA) is 114 Å². The summed E-state index contributed by atoms with van der Waals surface area (Å²) in [4.78, 5) is 37.6. The van der Waals surface area contributed by atoms with Crippen molar-refractivity contribution >= 4 is 23.8 Å². The predicted molar refractivity (Wildman–Crippen MR) is 126 cm³/mol. The first kappa shape index (κ1) is 23.0. The van der Waals surface area contributed by atoms with Crippen LogP contribution in [-0.2, 0) is 16.6 Å². The lowest BCUT2D eigenvalue weighted by molar-refractivity contribution is -0.137. The van der Waals surface area contributed by atoms with E-state index in [1.165, 1.54) is 15.8 Å². The molecule has 2 amide bonds. The van der Waals surface area contributed by atoms with E-state index in [4.69, 9.17) is 9.84 Å². The normalized spacial score (nSPS) is 12.1. The molecule has 34 heavy (non-hydrogen) atoms. The van der Waals surface area contributed by atoms with Crippen LogP contribution in [0.2, 0.25) is 0 Å². The van der Waals surface area contributed by atoms with Crippen LogP contribution in [0.15, 0.2) is 54.7 Å². The molecule has 176 valence electrons. The summed E-state index contributed by atoms with van der Waals surface area (Å²) in [5, 5.41) is 15.5. The fourth-order valence-electron chi connectivity index (χ4n) is 4.25. The van der Waals surface area contributed by atoms with Gasteiger partial charge in [0.2, 0.25) is 0 Å². The molecule has 0 aliphatic heterocycles. The lowest BCUT2D eigenvalue weighted by atomic mass is 9.98. The number of carboxylic acids is 1. The van der Waals surface area contributed by atoms with Gasteiger partial charge >= 0.3 is 12.1 Å². The second-order valence-electron chi connectivity index (χ2n) is 8.21. The minimum Gasteiger partial charge on any atom is -0.481 e. The Morgan fingerprint density at radius 1 is 1.09 bits per heavy atom. The number of aliphatic carboxylic acids is 1. The van der Waals surface area contributed by atoms with Gasteiger partial charge in [-0.25, -0.2) is 4.79 Å². The number of anilines is 1. The Kier molecular flexibility index (Phi) is 6.62. The van der Waals surface area contributed by atoms with Crippen LogP contribution in [0.25, 0.3) is 11.1 Å². The number of hydrogen-bond donors (Lipinski definition) is 2. The van der Waals surface area contributed by atoms with Gasteiger partial charge in [-0.15, -0.1) is 0 Å². The number of amides is 2. The third-order valence-corrected chi connectivity index (χ3v) is 5.96. The Morgan fingerprint density at radius 3 is 2.32 bits per heavy atom. The molecule has 2 N–H and O–H groups in total. The largest absolute Gasteiger partial charge is 0.481 e. The molecule has 0 unspecified atom stereocenters. The molecule has 0 spiro atoms. The minimum atomic E-state index is -0.917. The summed E-state index contributed by atoms with van der Waals surface area (Å²) in [7, 11) is 3.19. The molecule has 1 heterocycles. The molecule has 0 bridgehead atoms. The average Bonchev–Trinajstić information content (AvgIpc) is 3.34. The van der Waals surface area contributed by atoms with Crippen molar-refractivity contribution in [2.24, 2.45) is 7.05 Å². The summed E-state index contributed by atoms with van der Waals surface area (Å²) in [5.74, 6) is -1.15. The Labute approximate surface area is 196 Å². The maximum atomic E-state index is 12.8. The molecular formula is C25H26N4O5. The van der Waals surface area contributed by atoms with Crippen LogP contribution in [0.4, 0.5) is 10.6 Å². The Hall–Kier alpha value is -4.14. The number of carboxylic acid groups (broad SMARTS) is 1. The first-order chi connectivity index (χ1) is 16.4. The first-order valence-electron chi connectivity index (χ1n) is 11.0. The zero-order valence-corrected chi connectivity index (χ0v) is 19.0. The summed E-state index contributed by atoms with van der Waals surface area (Å²) in [5.41, 5.74) is 4.69. The number of nitrogens with one attached hydrogen (secondary N) is 1. The molecule has 9 nitrogen and oxygen atoms in total. The molecular weight excluding hydrogens is 436 g/mol. The summed E-state index contributed by atoms with van der Waals surface area (Å²) in [6.07, 6.45) is 0.977. The molecule has 4 rings (SSSR count). The van der Waals surface area contributed by atoms with Crippen molar-refractivity contribution in [1.82, 2.24) is 14.7 Å². The van der Waals surface area contributed by atoms with Crippen molar-refractivity contribution in [3.8, 4) is 11.1 Å². The second-order valence-corrected chi connectivity index (χ2v) is 8.21. The minimum absolute atomic E-state index is 0.0322. The summed E-state index contributed by atoms with van der Waals surface area (Å²) in [6, 6.07) is 16.1. The molecule has 0 saturated carbocycles. The molecule has 9 heteroatoms. The first-order valence-corrected chi connectivity index (χ1v) is 11.0. The number of carbonyl (C=O) groups is 3. The van der Waals surface area contributed by atoms with Gasteiger partial charge in [0.25, 0.3) is 5.91 Å². The third-order valence-electron chi connectivity index (χ3n) is 5.96. The van der Waals surface area contributed by atoms with E-state index in [0.717, 1.165) is 22.3 Å². The van der Waals surface area contributed by atoms with Gasteiger partial charge in [-0.05, 0) is 28.7 Å². The zero-order valence-electron chi connectivity index (χ0n) is 19.0. The average molecular weight is 463 g/mol. The van der Waals surface area contributed by atoms with E-state index in [0.29, 0.717) is 6.42 Å². The van der Waals surface area contributed by atoms with E-state index in [2.05, 4.69) is 22.5 Å². The fraction of sp³-hybridized carbons (Fsp3) is 0.280. The highest BCUT2D eigenvalue weighted by molar-refractivity contribution is 6.01. The number of rotatable bonds is 8. The standard InChI is InChI=1S/C25H26N4O5/c1-28(13-7-12-22(30)31)24(32)20-14-26-29(2)23(20)27-25(33)34-15-21-18-10-5-3-8-16(18)17-9-4-6-11-19(17)21/h3-6,8-11,14,21H,7,12-13,15H2,1-2H3,(H,27,33)(H,30,31). The SMILES string of the molecule is CN(CCCC(=O)O)C(=O)c1cnn(C)c1NC(=O)OCC1c2ccccc2-c2ccccc21. The molecule has 0 atom stereocenters. The number of aromatic nitrogens is 2. The van der Waals surface area contributed by atoms with E-state index in [1.54, 1.807) is 14.1 Å². The van der Waals surface area contributed by atoms with Gasteiger partial charge in [-0.1, -0.05) is 48.5 Å². The molecule has 1 aliphatic carbocycles. The van der Waals surface area contributed by atoms with Gasteiger partial charge in [0.15, 0.2) is 0 Å². The lowest BCUT2D eigenvalue weighted by Crippen LogP contribution is -2.29. The van der Waals surface area contributed by atoms with Gasteiger partial charge in [-0.3, -0.25) is 19.6 Å².